The molecule has 128 valence electrons. The first-order chi connectivity index (χ1) is 11.6. The number of amides is 1. The number of rotatable bonds is 4. The first kappa shape index (κ1) is 15.6. The van der Waals surface area contributed by atoms with Crippen LogP contribution in [0.1, 0.15) is 30.7 Å². The molecule has 3 aliphatic rings. The van der Waals surface area contributed by atoms with Crippen LogP contribution in [0, 0.1) is 17.3 Å². The summed E-state index contributed by atoms with van der Waals surface area (Å²) in [6, 6.07) is 10.3. The molecule has 2 heterocycles. The summed E-state index contributed by atoms with van der Waals surface area (Å²) < 4.78 is 5.45. The number of fused-ring (bicyclic) bond motifs is 1. The van der Waals surface area contributed by atoms with Crippen LogP contribution in [0.15, 0.2) is 30.3 Å². The molecule has 1 N–H and O–H groups in total. The largest absolute Gasteiger partial charge is 0.481 e. The van der Waals surface area contributed by atoms with E-state index < -0.39 is 11.4 Å². The predicted molar refractivity (Wildman–Crippen MR) is 87.5 cm³/mol. The van der Waals surface area contributed by atoms with Gasteiger partial charge in [0, 0.05) is 32.0 Å². The van der Waals surface area contributed by atoms with Gasteiger partial charge in [-0.2, -0.15) is 0 Å². The maximum absolute atomic E-state index is 12.7. The van der Waals surface area contributed by atoms with Gasteiger partial charge in [0.2, 0.25) is 5.91 Å². The van der Waals surface area contributed by atoms with Gasteiger partial charge in [-0.25, -0.2) is 0 Å². The number of carboxylic acid groups (broad SMARTS) is 1. The van der Waals surface area contributed by atoms with E-state index in [0.29, 0.717) is 51.0 Å². The third kappa shape index (κ3) is 2.61. The lowest BCUT2D eigenvalue weighted by Gasteiger charge is -2.33. The number of ether oxygens (including phenoxy) is 1. The lowest BCUT2D eigenvalue weighted by molar-refractivity contribution is -0.157. The molecule has 0 aromatic heterocycles. The van der Waals surface area contributed by atoms with Crippen molar-refractivity contribution in [1.29, 1.82) is 0 Å². The molecule has 2 aliphatic heterocycles. The highest BCUT2D eigenvalue weighted by Gasteiger charge is 2.55. The van der Waals surface area contributed by atoms with E-state index in [1.165, 1.54) is 5.56 Å². The number of benzene rings is 1. The van der Waals surface area contributed by atoms with E-state index in [4.69, 9.17) is 4.74 Å². The number of carbonyl (C=O) groups is 2. The molecule has 5 nitrogen and oxygen atoms in total. The van der Waals surface area contributed by atoms with Crippen molar-refractivity contribution in [3.05, 3.63) is 35.9 Å². The second kappa shape index (κ2) is 5.88. The van der Waals surface area contributed by atoms with Crippen LogP contribution in [-0.4, -0.2) is 48.2 Å². The summed E-state index contributed by atoms with van der Waals surface area (Å²) in [6.07, 6.45) is 2.09. The van der Waals surface area contributed by atoms with Crippen molar-refractivity contribution in [2.24, 2.45) is 17.3 Å². The second-order valence-corrected chi connectivity index (χ2v) is 7.47. The SMILES string of the molecule is O=C(C[C@@H]1C[C@H]1c1ccccc1)N1C[C@H]2COCC[C@@]2(C(=O)O)C1. The minimum absolute atomic E-state index is 0.0724. The fraction of sp³-hybridized carbons (Fsp3) is 0.579. The molecule has 0 bridgehead atoms. The highest BCUT2D eigenvalue weighted by molar-refractivity contribution is 5.81. The van der Waals surface area contributed by atoms with E-state index in [2.05, 4.69) is 12.1 Å². The average molecular weight is 329 g/mol. The Balaban J connectivity index is 1.39. The summed E-state index contributed by atoms with van der Waals surface area (Å²) in [5.74, 6) is 0.140. The van der Waals surface area contributed by atoms with Crippen LogP contribution in [0.2, 0.25) is 0 Å². The number of hydrogen-bond acceptors (Lipinski definition) is 3. The van der Waals surface area contributed by atoms with Crippen molar-refractivity contribution in [3.63, 3.8) is 0 Å². The molecule has 24 heavy (non-hydrogen) atoms. The number of carboxylic acids is 1. The summed E-state index contributed by atoms with van der Waals surface area (Å²) in [4.78, 5) is 26.2. The molecule has 1 saturated carbocycles. The molecule has 4 atom stereocenters. The Labute approximate surface area is 141 Å². The second-order valence-electron chi connectivity index (χ2n) is 7.47. The fourth-order valence-corrected chi connectivity index (χ4v) is 4.42. The Morgan fingerprint density at radius 1 is 1.29 bits per heavy atom. The van der Waals surface area contributed by atoms with Crippen molar-refractivity contribution in [2.75, 3.05) is 26.3 Å². The maximum atomic E-state index is 12.7. The molecule has 1 amide bonds. The molecule has 2 saturated heterocycles. The van der Waals surface area contributed by atoms with Gasteiger partial charge in [-0.1, -0.05) is 30.3 Å². The number of nitrogens with zero attached hydrogens (tertiary/aromatic N) is 1. The van der Waals surface area contributed by atoms with Gasteiger partial charge < -0.3 is 14.7 Å². The quantitative estimate of drug-likeness (QED) is 0.919. The van der Waals surface area contributed by atoms with Crippen LogP contribution in [0.5, 0.6) is 0 Å². The van der Waals surface area contributed by atoms with Crippen LogP contribution in [0.25, 0.3) is 0 Å². The van der Waals surface area contributed by atoms with Crippen molar-refractivity contribution >= 4 is 11.9 Å². The maximum Gasteiger partial charge on any atom is 0.311 e. The number of hydrogen-bond donors (Lipinski definition) is 1. The summed E-state index contributed by atoms with van der Waals surface area (Å²) in [6.45, 7) is 1.79. The van der Waals surface area contributed by atoms with Gasteiger partial charge in [-0.05, 0) is 30.2 Å². The zero-order chi connectivity index (χ0) is 16.7. The van der Waals surface area contributed by atoms with Crippen molar-refractivity contribution in [3.8, 4) is 0 Å². The van der Waals surface area contributed by atoms with E-state index in [1.807, 2.05) is 18.2 Å². The molecule has 0 spiro atoms. The van der Waals surface area contributed by atoms with E-state index in [0.717, 1.165) is 6.42 Å². The highest BCUT2D eigenvalue weighted by Crippen LogP contribution is 2.50. The van der Waals surface area contributed by atoms with Gasteiger partial charge in [0.1, 0.15) is 0 Å². The van der Waals surface area contributed by atoms with Crippen LogP contribution < -0.4 is 0 Å². The Hall–Kier alpha value is -1.88. The summed E-state index contributed by atoms with van der Waals surface area (Å²) in [5.41, 5.74) is 0.511. The lowest BCUT2D eigenvalue weighted by Crippen LogP contribution is -2.45. The number of likely N-dealkylation sites (tertiary alicyclic amines) is 1. The van der Waals surface area contributed by atoms with E-state index in [-0.39, 0.29) is 11.8 Å². The van der Waals surface area contributed by atoms with E-state index in [1.54, 1.807) is 4.90 Å². The van der Waals surface area contributed by atoms with E-state index >= 15 is 0 Å². The molecular formula is C19H23NO4. The standard InChI is InChI=1S/C19H23NO4/c21-17(9-14-8-16(14)13-4-2-1-3-5-13)20-10-15-11-24-7-6-19(15,12-20)18(22)23/h1-5,14-16H,6-12H2,(H,22,23)/t14-,15-,16-,19+/m0/s1. The molecule has 4 rings (SSSR count). The normalized spacial score (nSPS) is 34.7. The van der Waals surface area contributed by atoms with Gasteiger partial charge in [0.05, 0.1) is 12.0 Å². The summed E-state index contributed by atoms with van der Waals surface area (Å²) in [7, 11) is 0. The van der Waals surface area contributed by atoms with Gasteiger partial charge in [0.15, 0.2) is 0 Å². The zero-order valence-corrected chi connectivity index (χ0v) is 13.7. The first-order valence-corrected chi connectivity index (χ1v) is 8.74. The van der Waals surface area contributed by atoms with Gasteiger partial charge >= 0.3 is 5.97 Å². The Morgan fingerprint density at radius 2 is 2.08 bits per heavy atom. The van der Waals surface area contributed by atoms with Gasteiger partial charge in [0.25, 0.3) is 0 Å². The monoisotopic (exact) mass is 329 g/mol. The Kier molecular flexibility index (Phi) is 3.83. The van der Waals surface area contributed by atoms with Crippen LogP contribution >= 0.6 is 0 Å². The lowest BCUT2D eigenvalue weighted by atomic mass is 9.74. The van der Waals surface area contributed by atoms with Gasteiger partial charge in [-0.3, -0.25) is 9.59 Å². The third-order valence-corrected chi connectivity index (χ3v) is 6.07. The Bertz CT molecular complexity index is 646. The molecule has 0 unspecified atom stereocenters. The molecule has 0 radical (unpaired) electrons. The minimum Gasteiger partial charge on any atom is -0.481 e. The highest BCUT2D eigenvalue weighted by atomic mass is 16.5. The minimum atomic E-state index is -0.795. The van der Waals surface area contributed by atoms with Gasteiger partial charge in [-0.15, -0.1) is 0 Å². The molecule has 1 aliphatic carbocycles. The predicted octanol–water partition coefficient (Wildman–Crippen LogP) is 2.13. The average Bonchev–Trinajstić information content (AvgIpc) is 3.23. The topological polar surface area (TPSA) is 66.8 Å². The number of carbonyl (C=O) groups excluding carboxylic acids is 1. The van der Waals surface area contributed by atoms with Crippen LogP contribution in [-0.2, 0) is 14.3 Å². The van der Waals surface area contributed by atoms with Crippen molar-refractivity contribution in [1.82, 2.24) is 4.90 Å². The Morgan fingerprint density at radius 3 is 2.79 bits per heavy atom. The van der Waals surface area contributed by atoms with Crippen LogP contribution in [0.4, 0.5) is 0 Å². The smallest absolute Gasteiger partial charge is 0.311 e. The summed E-state index contributed by atoms with van der Waals surface area (Å²) >= 11 is 0. The molecule has 5 heteroatoms. The van der Waals surface area contributed by atoms with E-state index in [9.17, 15) is 14.7 Å². The first-order valence-electron chi connectivity index (χ1n) is 8.74. The molecule has 1 aromatic rings. The molecule has 3 fully saturated rings. The number of aliphatic carboxylic acids is 1. The fourth-order valence-electron chi connectivity index (χ4n) is 4.42. The van der Waals surface area contributed by atoms with Crippen molar-refractivity contribution < 1.29 is 19.4 Å². The van der Waals surface area contributed by atoms with Crippen LogP contribution in [0.3, 0.4) is 0 Å². The molecule has 1 aromatic carbocycles. The molecular weight excluding hydrogens is 306 g/mol. The zero-order valence-electron chi connectivity index (χ0n) is 13.7. The third-order valence-electron chi connectivity index (χ3n) is 6.07. The summed E-state index contributed by atoms with van der Waals surface area (Å²) in [5, 5.41) is 9.69. The van der Waals surface area contributed by atoms with Crippen molar-refractivity contribution in [2.45, 2.75) is 25.2 Å².